The summed E-state index contributed by atoms with van der Waals surface area (Å²) in [6.07, 6.45) is 9.25. The normalized spacial score (nSPS) is 25.4. The van der Waals surface area contributed by atoms with Gasteiger partial charge >= 0.3 is 0 Å². The minimum atomic E-state index is 0. The minimum absolute atomic E-state index is 0. The van der Waals surface area contributed by atoms with Gasteiger partial charge < -0.3 is 0 Å². The van der Waals surface area contributed by atoms with E-state index in [2.05, 4.69) is 34.6 Å². The Kier molecular flexibility index (Phi) is 12.2. The molecule has 0 heteroatoms. The highest BCUT2D eigenvalue weighted by Gasteiger charge is 2.36. The number of hydrogen-bond donors (Lipinski definition) is 0. The van der Waals surface area contributed by atoms with E-state index in [0.29, 0.717) is 0 Å². The number of benzene rings is 1. The zero-order valence-electron chi connectivity index (χ0n) is 15.6. The van der Waals surface area contributed by atoms with E-state index in [9.17, 15) is 0 Å². The average molecular weight is 322 g/mol. The van der Waals surface area contributed by atoms with Gasteiger partial charge in [-0.3, -0.25) is 0 Å². The maximum Gasteiger partial charge on any atom is 0 e. The van der Waals surface area contributed by atoms with Gasteiger partial charge in [0.05, 0.1) is 0 Å². The van der Waals surface area contributed by atoms with Crippen molar-refractivity contribution >= 4 is 0 Å². The Hall–Kier alpha value is -0.780. The lowest BCUT2D eigenvalue weighted by Crippen LogP contribution is -2.12. The molecule has 0 saturated heterocycles. The molecule has 0 heterocycles. The molecule has 1 aromatic rings. The van der Waals surface area contributed by atoms with Gasteiger partial charge in [0.1, 0.15) is 0 Å². The van der Waals surface area contributed by atoms with Crippen LogP contribution in [0, 0.1) is 29.6 Å². The number of rotatable bonds is 1. The maximum absolute atomic E-state index is 2.40. The summed E-state index contributed by atoms with van der Waals surface area (Å²) in [7, 11) is 0. The second-order valence-corrected chi connectivity index (χ2v) is 8.17. The monoisotopic (exact) mass is 321 g/mol. The average Bonchev–Trinajstić information content (AvgIpc) is 2.93. The molecule has 23 heavy (non-hydrogen) atoms. The summed E-state index contributed by atoms with van der Waals surface area (Å²) in [6, 6.07) is 12.0. The van der Waals surface area contributed by atoms with Crippen LogP contribution in [0.2, 0.25) is 0 Å². The van der Waals surface area contributed by atoms with Gasteiger partial charge in [-0.2, -0.15) is 0 Å². The van der Waals surface area contributed by atoms with E-state index < -0.39 is 0 Å². The van der Waals surface area contributed by atoms with Gasteiger partial charge in [-0.05, 0) is 42.4 Å². The van der Waals surface area contributed by atoms with Gasteiger partial charge in [-0.25, -0.2) is 0 Å². The zero-order chi connectivity index (χ0) is 16.4. The van der Waals surface area contributed by atoms with E-state index in [1.807, 2.05) is 36.4 Å². The van der Waals surface area contributed by atoms with Gasteiger partial charge in [0.2, 0.25) is 0 Å². The predicted octanol–water partition coefficient (Wildman–Crippen LogP) is 8.09. The molecule has 0 N–H and O–H groups in total. The van der Waals surface area contributed by atoms with Crippen LogP contribution < -0.4 is 0 Å². The van der Waals surface area contributed by atoms with Crippen molar-refractivity contribution in [1.29, 1.82) is 0 Å². The van der Waals surface area contributed by atoms with E-state index >= 15 is 0 Å². The van der Waals surface area contributed by atoms with Gasteiger partial charge in [-0.1, -0.05) is 104 Å². The molecule has 0 aromatic heterocycles. The van der Waals surface area contributed by atoms with Crippen LogP contribution >= 0.6 is 0 Å². The van der Waals surface area contributed by atoms with Crippen molar-refractivity contribution in [3.8, 4) is 0 Å². The summed E-state index contributed by atoms with van der Waals surface area (Å²) in [4.78, 5) is 0. The lowest BCUT2D eigenvalue weighted by Gasteiger charge is -2.24. The molecule has 2 fully saturated rings. The van der Waals surface area contributed by atoms with Crippen molar-refractivity contribution < 1.29 is 1.43 Å². The number of fused-ring (bicyclic) bond motifs is 1. The Balaban J connectivity index is 0. The molecule has 136 valence electrons. The highest BCUT2D eigenvalue weighted by atomic mass is 14.4. The Morgan fingerprint density at radius 3 is 1.26 bits per heavy atom. The third kappa shape index (κ3) is 9.84. The first-order valence-corrected chi connectivity index (χ1v) is 9.50. The van der Waals surface area contributed by atoms with Crippen LogP contribution in [-0.4, -0.2) is 0 Å². The Morgan fingerprint density at radius 1 is 0.696 bits per heavy atom. The molecule has 3 rings (SSSR count). The first kappa shape index (κ1) is 22.2. The number of hydrogen-bond acceptors (Lipinski definition) is 0. The van der Waals surface area contributed by atoms with Crippen LogP contribution in [0.25, 0.3) is 0 Å². The molecule has 0 spiro atoms. The summed E-state index contributed by atoms with van der Waals surface area (Å²) in [6.45, 7) is 11.3. The Bertz CT molecular complexity index is 314. The van der Waals surface area contributed by atoms with Crippen LogP contribution in [0.1, 0.15) is 82.0 Å². The lowest BCUT2D eigenvalue weighted by molar-refractivity contribution is 0.277. The first-order chi connectivity index (χ1) is 10.5. The smallest absolute Gasteiger partial charge is 0 e. The summed E-state index contributed by atoms with van der Waals surface area (Å²) in [5, 5.41) is 0. The maximum atomic E-state index is 2.40. The summed E-state index contributed by atoms with van der Waals surface area (Å²) in [5.74, 6) is 5.10. The Morgan fingerprint density at radius 2 is 1.00 bits per heavy atom. The second-order valence-electron chi connectivity index (χ2n) is 8.17. The highest BCUT2D eigenvalue weighted by molar-refractivity contribution is 4.99. The third-order valence-electron chi connectivity index (χ3n) is 4.89. The second kappa shape index (κ2) is 12.6. The fourth-order valence-electron chi connectivity index (χ4n) is 3.71. The molecule has 2 unspecified atom stereocenters. The minimum Gasteiger partial charge on any atom is -0.0776 e. The summed E-state index contributed by atoms with van der Waals surface area (Å²) in [5.41, 5.74) is 0. The van der Waals surface area contributed by atoms with Gasteiger partial charge in [0.25, 0.3) is 0 Å². The highest BCUT2D eigenvalue weighted by Crippen LogP contribution is 2.47. The van der Waals surface area contributed by atoms with Crippen molar-refractivity contribution in [2.75, 3.05) is 0 Å². The van der Waals surface area contributed by atoms with Crippen molar-refractivity contribution in [3.63, 3.8) is 0 Å². The van der Waals surface area contributed by atoms with Gasteiger partial charge in [0, 0.05) is 1.43 Å². The van der Waals surface area contributed by atoms with Crippen LogP contribution in [-0.2, 0) is 0 Å². The van der Waals surface area contributed by atoms with Crippen LogP contribution in [0.15, 0.2) is 36.4 Å². The van der Waals surface area contributed by atoms with Crippen LogP contribution in [0.4, 0.5) is 0 Å². The molecule has 2 aliphatic rings. The lowest BCUT2D eigenvalue weighted by atomic mass is 9.82. The van der Waals surface area contributed by atoms with Crippen molar-refractivity contribution in [1.82, 2.24) is 0 Å². The van der Waals surface area contributed by atoms with Gasteiger partial charge in [-0.15, -0.1) is 0 Å². The van der Waals surface area contributed by atoms with Crippen molar-refractivity contribution in [2.45, 2.75) is 80.6 Å². The Labute approximate surface area is 148 Å². The molecule has 0 amide bonds. The zero-order valence-corrected chi connectivity index (χ0v) is 15.6. The topological polar surface area (TPSA) is 0 Å². The van der Waals surface area contributed by atoms with Crippen LogP contribution in [0.5, 0.6) is 0 Å². The van der Waals surface area contributed by atoms with E-state index in [-0.39, 0.29) is 8.85 Å². The predicted molar refractivity (Wildman–Crippen MR) is 109 cm³/mol. The first-order valence-electron chi connectivity index (χ1n) is 9.50. The van der Waals surface area contributed by atoms with Crippen molar-refractivity contribution in [3.05, 3.63) is 36.4 Å². The quantitative estimate of drug-likeness (QED) is 0.490. The third-order valence-corrected chi connectivity index (χ3v) is 4.89. The van der Waals surface area contributed by atoms with E-state index in [4.69, 9.17) is 0 Å². The molecule has 2 saturated carbocycles. The summed E-state index contributed by atoms with van der Waals surface area (Å²) >= 11 is 0. The standard InChI is InChI=1S/C12H22.C6H6.C4H10.CH4.H2/c1-9(2)12-7-10-5-3-4-6-11(10)8-12;1-2-4-6-5-3-1;1-4(2)3;;/h9-12H,3-8H2,1-2H3;1-6H;4H,1-3H3;1H4;1H/i;;;;1+1. The SMILES string of the molecule is C.CC(C)C.CC(C)C1CC2CCCCC2C1.[2HH].c1ccccc1. The fraction of sp³-hybridized carbons (Fsp3) is 0.739. The fourth-order valence-corrected chi connectivity index (χ4v) is 3.71. The van der Waals surface area contributed by atoms with E-state index in [0.717, 1.165) is 29.6 Å². The molecule has 2 atom stereocenters. The van der Waals surface area contributed by atoms with Crippen molar-refractivity contribution in [2.24, 2.45) is 29.6 Å². The molecule has 0 bridgehead atoms. The molecular weight excluding hydrogens is 276 g/mol. The molecule has 0 aliphatic heterocycles. The molecular formula is C23H44. The molecule has 0 radical (unpaired) electrons. The van der Waals surface area contributed by atoms with E-state index in [1.165, 1.54) is 12.8 Å². The van der Waals surface area contributed by atoms with E-state index in [1.54, 1.807) is 25.7 Å². The van der Waals surface area contributed by atoms with Gasteiger partial charge in [0.15, 0.2) is 0 Å². The van der Waals surface area contributed by atoms with Crippen LogP contribution in [0.3, 0.4) is 0 Å². The largest absolute Gasteiger partial charge is 0.0776 e. The molecule has 1 aromatic carbocycles. The molecule has 0 nitrogen and oxygen atoms in total. The summed E-state index contributed by atoms with van der Waals surface area (Å²) < 4.78 is 0. The molecule has 2 aliphatic carbocycles.